The summed E-state index contributed by atoms with van der Waals surface area (Å²) in [6.45, 7) is 5.01. The molecule has 6 heteroatoms. The molecular weight excluding hydrogens is 390 g/mol. The number of aryl methyl sites for hydroxylation is 3. The molecule has 31 heavy (non-hydrogen) atoms. The number of hydrogen-bond donors (Lipinski definition) is 1. The van der Waals surface area contributed by atoms with E-state index in [0.29, 0.717) is 25.1 Å². The van der Waals surface area contributed by atoms with Gasteiger partial charge in [0.2, 0.25) is 0 Å². The highest BCUT2D eigenvalue weighted by Crippen LogP contribution is 2.39. The molecule has 2 aromatic carbocycles. The van der Waals surface area contributed by atoms with Gasteiger partial charge in [-0.1, -0.05) is 59.7 Å². The van der Waals surface area contributed by atoms with E-state index in [0.717, 1.165) is 16.7 Å². The summed E-state index contributed by atoms with van der Waals surface area (Å²) in [4.78, 5) is 31.6. The molecule has 0 spiro atoms. The van der Waals surface area contributed by atoms with Gasteiger partial charge in [0.25, 0.3) is 11.7 Å². The molecule has 4 rings (SSSR count). The normalized spacial score (nSPS) is 18.0. The second-order valence-electron chi connectivity index (χ2n) is 7.92. The van der Waals surface area contributed by atoms with Crippen LogP contribution in [-0.4, -0.2) is 37.8 Å². The van der Waals surface area contributed by atoms with Crippen molar-refractivity contribution in [3.63, 3.8) is 0 Å². The van der Waals surface area contributed by atoms with Crippen molar-refractivity contribution in [2.75, 3.05) is 6.54 Å². The Balaban J connectivity index is 1.72. The fraction of sp³-hybridized carbons (Fsp3) is 0.240. The van der Waals surface area contributed by atoms with Crippen molar-refractivity contribution in [2.45, 2.75) is 32.9 Å². The lowest BCUT2D eigenvalue weighted by Crippen LogP contribution is -2.31. The van der Waals surface area contributed by atoms with Crippen LogP contribution in [0.1, 0.15) is 34.7 Å². The first-order valence-electron chi connectivity index (χ1n) is 10.3. The fourth-order valence-corrected chi connectivity index (χ4v) is 3.92. The molecule has 0 radical (unpaired) electrons. The number of carbonyl (C=O) groups excluding carboxylic acids is 2. The number of hydrogen-bond acceptors (Lipinski definition) is 4. The lowest BCUT2D eigenvalue weighted by atomic mass is 9.94. The van der Waals surface area contributed by atoms with E-state index >= 15 is 0 Å². The van der Waals surface area contributed by atoms with Crippen molar-refractivity contribution >= 4 is 17.4 Å². The van der Waals surface area contributed by atoms with Crippen LogP contribution in [0.3, 0.4) is 0 Å². The lowest BCUT2D eigenvalue weighted by molar-refractivity contribution is -0.139. The maximum atomic E-state index is 13.0. The number of likely N-dealkylation sites (tertiary alicyclic amines) is 1. The molecule has 158 valence electrons. The molecule has 0 bridgehead atoms. The van der Waals surface area contributed by atoms with Crippen molar-refractivity contribution in [1.29, 1.82) is 0 Å². The predicted molar refractivity (Wildman–Crippen MR) is 118 cm³/mol. The molecule has 1 unspecified atom stereocenters. The van der Waals surface area contributed by atoms with Gasteiger partial charge in [-0.3, -0.25) is 9.59 Å². The van der Waals surface area contributed by atoms with Crippen LogP contribution < -0.4 is 0 Å². The van der Waals surface area contributed by atoms with Crippen LogP contribution in [-0.2, 0) is 16.1 Å². The Bertz CT molecular complexity index is 1110. The average molecular weight is 415 g/mol. The quantitative estimate of drug-likeness (QED) is 0.375. The molecule has 2 heterocycles. The number of nitrogens with zero attached hydrogens (tertiary/aromatic N) is 3. The van der Waals surface area contributed by atoms with Gasteiger partial charge in [-0.15, -0.1) is 0 Å². The molecule has 1 fully saturated rings. The minimum Gasteiger partial charge on any atom is -0.507 e. The van der Waals surface area contributed by atoms with Crippen LogP contribution >= 0.6 is 0 Å². The minimum atomic E-state index is -0.647. The van der Waals surface area contributed by atoms with E-state index in [2.05, 4.69) is 4.98 Å². The number of Topliss-reactive ketones (excluding diaryl/α,β-unsaturated/α-hetero) is 1. The summed E-state index contributed by atoms with van der Waals surface area (Å²) in [6.07, 6.45) is 5.96. The minimum absolute atomic E-state index is 0.138. The predicted octanol–water partition coefficient (Wildman–Crippen LogP) is 4.01. The molecule has 0 saturated carbocycles. The maximum absolute atomic E-state index is 13.0. The van der Waals surface area contributed by atoms with Crippen LogP contribution in [0.25, 0.3) is 5.76 Å². The fourth-order valence-electron chi connectivity index (χ4n) is 3.92. The van der Waals surface area contributed by atoms with E-state index in [9.17, 15) is 14.7 Å². The van der Waals surface area contributed by atoms with Crippen LogP contribution in [0, 0.1) is 13.8 Å². The van der Waals surface area contributed by atoms with Gasteiger partial charge in [0.15, 0.2) is 0 Å². The lowest BCUT2D eigenvalue weighted by Gasteiger charge is -2.25. The van der Waals surface area contributed by atoms with Crippen LogP contribution in [0.5, 0.6) is 0 Å². The van der Waals surface area contributed by atoms with Crippen molar-refractivity contribution in [1.82, 2.24) is 14.5 Å². The first-order chi connectivity index (χ1) is 15.0. The number of benzene rings is 2. The van der Waals surface area contributed by atoms with E-state index in [1.165, 1.54) is 0 Å². The molecule has 0 aliphatic carbocycles. The summed E-state index contributed by atoms with van der Waals surface area (Å²) in [5.74, 6) is -1.36. The van der Waals surface area contributed by atoms with E-state index in [1.807, 2.05) is 61.0 Å². The molecule has 1 aromatic heterocycles. The molecule has 1 aliphatic rings. The zero-order valence-electron chi connectivity index (χ0n) is 17.7. The summed E-state index contributed by atoms with van der Waals surface area (Å²) in [5, 5.41) is 11.0. The Morgan fingerprint density at radius 3 is 2.23 bits per heavy atom. The number of amides is 1. The van der Waals surface area contributed by atoms with Crippen molar-refractivity contribution in [2.24, 2.45) is 0 Å². The number of aromatic nitrogens is 2. The second kappa shape index (κ2) is 8.60. The maximum Gasteiger partial charge on any atom is 0.295 e. The second-order valence-corrected chi connectivity index (χ2v) is 7.92. The van der Waals surface area contributed by atoms with Gasteiger partial charge in [0.1, 0.15) is 5.76 Å². The SMILES string of the molecule is Cc1ccc(/C(O)=C2\C(=O)C(=O)N(CCCn3ccnc3)C2c2ccc(C)cc2)cc1. The summed E-state index contributed by atoms with van der Waals surface area (Å²) in [5.41, 5.74) is 3.60. The van der Waals surface area contributed by atoms with Crippen molar-refractivity contribution in [3.8, 4) is 0 Å². The number of imidazole rings is 1. The summed E-state index contributed by atoms with van der Waals surface area (Å²) in [6, 6.07) is 14.4. The highest BCUT2D eigenvalue weighted by atomic mass is 16.3. The van der Waals surface area contributed by atoms with Crippen LogP contribution in [0.15, 0.2) is 72.8 Å². The van der Waals surface area contributed by atoms with Gasteiger partial charge < -0.3 is 14.6 Å². The average Bonchev–Trinajstić information content (AvgIpc) is 3.37. The van der Waals surface area contributed by atoms with Gasteiger partial charge >= 0.3 is 0 Å². The zero-order chi connectivity index (χ0) is 22.0. The smallest absolute Gasteiger partial charge is 0.295 e. The van der Waals surface area contributed by atoms with Crippen molar-refractivity contribution < 1.29 is 14.7 Å². The van der Waals surface area contributed by atoms with E-state index in [1.54, 1.807) is 29.6 Å². The first kappa shape index (κ1) is 20.6. The third-order valence-corrected chi connectivity index (χ3v) is 5.63. The van der Waals surface area contributed by atoms with Gasteiger partial charge in [0, 0.05) is 31.0 Å². The molecule has 6 nitrogen and oxygen atoms in total. The highest BCUT2D eigenvalue weighted by molar-refractivity contribution is 6.46. The van der Waals surface area contributed by atoms with Crippen molar-refractivity contribution in [3.05, 3.63) is 95.1 Å². The van der Waals surface area contributed by atoms with E-state index in [-0.39, 0.29) is 11.3 Å². The van der Waals surface area contributed by atoms with Crippen LogP contribution in [0.4, 0.5) is 0 Å². The van der Waals surface area contributed by atoms with E-state index in [4.69, 9.17) is 0 Å². The number of aliphatic hydroxyl groups is 1. The Hall–Kier alpha value is -3.67. The molecule has 1 amide bonds. The Labute approximate surface area is 181 Å². The molecule has 1 N–H and O–H groups in total. The van der Waals surface area contributed by atoms with Gasteiger partial charge in [-0.05, 0) is 25.8 Å². The number of aliphatic hydroxyl groups excluding tert-OH is 1. The van der Waals surface area contributed by atoms with Gasteiger partial charge in [-0.25, -0.2) is 4.98 Å². The molecule has 3 aromatic rings. The largest absolute Gasteiger partial charge is 0.507 e. The highest BCUT2D eigenvalue weighted by Gasteiger charge is 2.45. The standard InChI is InChI=1S/C25H25N3O3/c1-17-4-8-19(9-5-17)22-21(23(29)20-10-6-18(2)7-11-20)24(30)25(31)28(22)14-3-13-27-15-12-26-16-27/h4-12,15-16,22,29H,3,13-14H2,1-2H3/b23-21+. The molecule has 1 aliphatic heterocycles. The third kappa shape index (κ3) is 4.14. The first-order valence-corrected chi connectivity index (χ1v) is 10.3. The molecule has 1 atom stereocenters. The molecule has 1 saturated heterocycles. The molecular formula is C25H25N3O3. The Morgan fingerprint density at radius 1 is 0.968 bits per heavy atom. The van der Waals surface area contributed by atoms with Gasteiger partial charge in [0.05, 0.1) is 17.9 Å². The zero-order valence-corrected chi connectivity index (χ0v) is 17.7. The Morgan fingerprint density at radius 2 is 1.61 bits per heavy atom. The summed E-state index contributed by atoms with van der Waals surface area (Å²) >= 11 is 0. The topological polar surface area (TPSA) is 75.4 Å². The van der Waals surface area contributed by atoms with Crippen LogP contribution in [0.2, 0.25) is 0 Å². The van der Waals surface area contributed by atoms with E-state index < -0.39 is 17.7 Å². The Kier molecular flexibility index (Phi) is 5.71. The number of rotatable bonds is 6. The summed E-state index contributed by atoms with van der Waals surface area (Å²) in [7, 11) is 0. The number of ketones is 1. The monoisotopic (exact) mass is 415 g/mol. The number of carbonyl (C=O) groups is 2. The summed E-state index contributed by atoms with van der Waals surface area (Å²) < 4.78 is 1.93. The van der Waals surface area contributed by atoms with Gasteiger partial charge in [-0.2, -0.15) is 0 Å². The third-order valence-electron chi connectivity index (χ3n) is 5.63.